The summed E-state index contributed by atoms with van der Waals surface area (Å²) in [7, 11) is 4.13. The van der Waals surface area contributed by atoms with Gasteiger partial charge in [0.2, 0.25) is 0 Å². The lowest BCUT2D eigenvalue weighted by Crippen LogP contribution is -2.54. The Morgan fingerprint density at radius 2 is 0.574 bits per heavy atom. The highest BCUT2D eigenvalue weighted by atomic mass is 16.4. The summed E-state index contributed by atoms with van der Waals surface area (Å²) < 4.78 is 0.606. The van der Waals surface area contributed by atoms with E-state index in [1.54, 1.807) is 0 Å². The molecule has 54 heavy (non-hydrogen) atoms. The number of unbranched alkanes of at least 4 members (excludes halogenated alkanes) is 36. The van der Waals surface area contributed by atoms with Crippen LogP contribution in [0.1, 0.15) is 284 Å². The normalized spacial score (nSPS) is 11.4. The zero-order chi connectivity index (χ0) is 40.1. The van der Waals surface area contributed by atoms with Crippen molar-refractivity contribution >= 4 is 11.9 Å². The van der Waals surface area contributed by atoms with Crippen molar-refractivity contribution in [2.24, 2.45) is 0 Å². The van der Waals surface area contributed by atoms with E-state index in [4.69, 9.17) is 5.11 Å². The third-order valence-corrected chi connectivity index (χ3v) is 11.2. The Kier molecular flexibility index (Phi) is 47.1. The van der Waals surface area contributed by atoms with E-state index in [0.29, 0.717) is 17.4 Å². The van der Waals surface area contributed by atoms with Gasteiger partial charge in [0.15, 0.2) is 0 Å². The zero-order valence-corrected chi connectivity index (χ0v) is 37.9. The molecule has 324 valence electrons. The first-order valence-electron chi connectivity index (χ1n) is 24.6. The van der Waals surface area contributed by atoms with Gasteiger partial charge in [0.1, 0.15) is 6.54 Å². The van der Waals surface area contributed by atoms with Gasteiger partial charge < -0.3 is 5.11 Å². The molecular weight excluding hydrogens is 665 g/mol. The fraction of sp³-hybridized carbons (Fsp3) is 0.959. The van der Waals surface area contributed by atoms with E-state index >= 15 is 0 Å². The van der Waals surface area contributed by atoms with Crippen molar-refractivity contribution in [3.05, 3.63) is 0 Å². The van der Waals surface area contributed by atoms with Gasteiger partial charge in [0.05, 0.1) is 14.1 Å². The van der Waals surface area contributed by atoms with Crippen LogP contribution in [0.4, 0.5) is 0 Å². The number of hydrogen-bond donors (Lipinski definition) is 2. The van der Waals surface area contributed by atoms with Crippen LogP contribution in [0.5, 0.6) is 0 Å². The quantitative estimate of drug-likeness (QED) is 0.0369. The first-order chi connectivity index (χ1) is 26.3. The molecule has 0 fully saturated rings. The van der Waals surface area contributed by atoms with Gasteiger partial charge in [-0.15, -0.1) is 0 Å². The second kappa shape index (κ2) is 46.3. The highest BCUT2D eigenvalue weighted by Crippen LogP contribution is 2.16. The van der Waals surface area contributed by atoms with Crippen LogP contribution in [-0.2, 0) is 9.59 Å². The van der Waals surface area contributed by atoms with E-state index < -0.39 is 5.97 Å². The SMILES string of the molecule is CCCCCCCCCCCCCCCCCCCCCC(=O)N[N+](C)(C)CCC.CCCCCCCCCCCCCCCCCCCCCC(=O)O. The summed E-state index contributed by atoms with van der Waals surface area (Å²) in [4.78, 5) is 22.4. The number of nitrogens with zero attached hydrogens (tertiary/aromatic N) is 1. The molecule has 0 aromatic carbocycles. The van der Waals surface area contributed by atoms with Gasteiger partial charge in [-0.3, -0.25) is 9.59 Å². The Hall–Kier alpha value is -1.10. The second-order valence-corrected chi connectivity index (χ2v) is 17.6. The van der Waals surface area contributed by atoms with Gasteiger partial charge in [-0.25, -0.2) is 10.0 Å². The summed E-state index contributed by atoms with van der Waals surface area (Å²) in [5, 5.41) is 8.56. The highest BCUT2D eigenvalue weighted by molar-refractivity contribution is 5.74. The molecule has 0 radical (unpaired) electrons. The number of quaternary nitrogens is 1. The summed E-state index contributed by atoms with van der Waals surface area (Å²) in [6, 6.07) is 0. The van der Waals surface area contributed by atoms with Gasteiger partial charge in [-0.2, -0.15) is 0 Å². The van der Waals surface area contributed by atoms with Crippen molar-refractivity contribution in [1.29, 1.82) is 0 Å². The van der Waals surface area contributed by atoms with E-state index in [-0.39, 0.29) is 5.91 Å². The standard InChI is InChI=1S/C27H56N2O.C22H44O2/c1-5-7-8-9-10-11-12-13-14-15-16-17-18-19-20-21-22-23-24-25-27(30)28-29(3,4)26-6-2;1-2-3-4-5-6-7-8-9-10-11-12-13-14-15-16-17-18-19-20-21-22(23)24/h5-26H2,1-4H3;2-21H2,1H3,(H,23,24)/p+1. The molecular formula is C49H101N2O3+. The van der Waals surface area contributed by atoms with Crippen LogP contribution in [0.3, 0.4) is 0 Å². The van der Waals surface area contributed by atoms with E-state index in [2.05, 4.69) is 40.3 Å². The summed E-state index contributed by atoms with van der Waals surface area (Å²) in [5.74, 6) is -0.442. The Bertz CT molecular complexity index is 740. The minimum Gasteiger partial charge on any atom is -0.481 e. The smallest absolute Gasteiger partial charge is 0.303 e. The van der Waals surface area contributed by atoms with Crippen molar-refractivity contribution in [3.8, 4) is 0 Å². The average Bonchev–Trinajstić information content (AvgIpc) is 3.13. The van der Waals surface area contributed by atoms with Crippen LogP contribution in [-0.4, -0.2) is 42.2 Å². The highest BCUT2D eigenvalue weighted by Gasteiger charge is 2.16. The van der Waals surface area contributed by atoms with Crippen molar-refractivity contribution in [1.82, 2.24) is 5.43 Å². The lowest BCUT2D eigenvalue weighted by Gasteiger charge is -2.28. The number of hydrogen-bond acceptors (Lipinski definition) is 2. The van der Waals surface area contributed by atoms with Crippen LogP contribution < -0.4 is 5.43 Å². The fourth-order valence-electron chi connectivity index (χ4n) is 7.73. The van der Waals surface area contributed by atoms with Crippen LogP contribution >= 0.6 is 0 Å². The molecule has 0 rings (SSSR count). The zero-order valence-electron chi connectivity index (χ0n) is 37.9. The monoisotopic (exact) mass is 766 g/mol. The number of amides is 1. The number of aliphatic carboxylic acids is 1. The van der Waals surface area contributed by atoms with Gasteiger partial charge >= 0.3 is 5.97 Å². The van der Waals surface area contributed by atoms with Crippen LogP contribution in [0, 0.1) is 0 Å². The molecule has 0 aromatic heterocycles. The average molecular weight is 766 g/mol. The van der Waals surface area contributed by atoms with Crippen molar-refractivity contribution in [2.75, 3.05) is 20.6 Å². The lowest BCUT2D eigenvalue weighted by atomic mass is 10.0. The topological polar surface area (TPSA) is 66.4 Å². The van der Waals surface area contributed by atoms with Gasteiger partial charge in [0.25, 0.3) is 5.91 Å². The van der Waals surface area contributed by atoms with Crippen LogP contribution in [0.2, 0.25) is 0 Å². The second-order valence-electron chi connectivity index (χ2n) is 17.6. The molecule has 0 saturated carbocycles. The summed E-state index contributed by atoms with van der Waals surface area (Å²) in [6.45, 7) is 7.72. The van der Waals surface area contributed by atoms with Gasteiger partial charge in [0, 0.05) is 12.8 Å². The third-order valence-electron chi connectivity index (χ3n) is 11.2. The molecule has 2 N–H and O–H groups in total. The predicted octanol–water partition coefficient (Wildman–Crippen LogP) is 16.2. The Morgan fingerprint density at radius 1 is 0.352 bits per heavy atom. The molecule has 0 aliphatic rings. The minimum atomic E-state index is -0.651. The summed E-state index contributed by atoms with van der Waals surface area (Å²) >= 11 is 0. The Labute approximate surface area is 340 Å². The molecule has 0 spiro atoms. The Balaban J connectivity index is 0. The van der Waals surface area contributed by atoms with Crippen molar-refractivity contribution in [2.45, 2.75) is 284 Å². The summed E-state index contributed by atoms with van der Waals surface area (Å²) in [6.07, 6.45) is 54.3. The molecule has 0 aromatic rings. The summed E-state index contributed by atoms with van der Waals surface area (Å²) in [5.41, 5.74) is 3.11. The molecule has 5 heteroatoms. The Morgan fingerprint density at radius 3 is 0.796 bits per heavy atom. The van der Waals surface area contributed by atoms with E-state index in [0.717, 1.165) is 32.2 Å². The lowest BCUT2D eigenvalue weighted by molar-refractivity contribution is -0.925. The first-order valence-corrected chi connectivity index (χ1v) is 24.6. The molecule has 1 amide bonds. The molecule has 0 aliphatic carbocycles. The van der Waals surface area contributed by atoms with Crippen molar-refractivity contribution in [3.63, 3.8) is 0 Å². The fourth-order valence-corrected chi connectivity index (χ4v) is 7.73. The number of carbonyl (C=O) groups is 2. The van der Waals surface area contributed by atoms with E-state index in [9.17, 15) is 9.59 Å². The van der Waals surface area contributed by atoms with Crippen LogP contribution in [0.25, 0.3) is 0 Å². The maximum absolute atomic E-state index is 12.0. The minimum absolute atomic E-state index is 0.209. The predicted molar refractivity (Wildman–Crippen MR) is 239 cm³/mol. The number of carboxylic acids is 1. The van der Waals surface area contributed by atoms with E-state index in [1.165, 1.54) is 225 Å². The molecule has 0 bridgehead atoms. The number of carboxylic acid groups (broad SMARTS) is 1. The number of carbonyl (C=O) groups excluding carboxylic acids is 1. The molecule has 0 heterocycles. The maximum atomic E-state index is 12.0. The van der Waals surface area contributed by atoms with Gasteiger partial charge in [-0.1, -0.05) is 252 Å². The third kappa shape index (κ3) is 50.9. The largest absolute Gasteiger partial charge is 0.481 e. The van der Waals surface area contributed by atoms with E-state index in [1.807, 2.05) is 0 Å². The molecule has 0 atom stereocenters. The van der Waals surface area contributed by atoms with Crippen molar-refractivity contribution < 1.29 is 19.3 Å². The maximum Gasteiger partial charge on any atom is 0.303 e. The molecule has 5 nitrogen and oxygen atoms in total. The van der Waals surface area contributed by atoms with Crippen LogP contribution in [0.15, 0.2) is 0 Å². The molecule has 0 aliphatic heterocycles. The number of rotatable bonds is 43. The molecule has 0 unspecified atom stereocenters. The molecule has 0 saturated heterocycles. The van der Waals surface area contributed by atoms with Gasteiger partial charge in [-0.05, 0) is 19.3 Å². The first kappa shape index (κ1) is 55.0. The number of nitrogens with one attached hydrogen (secondary N) is 1.